The normalized spacial score (nSPS) is 41.5. The SMILES string of the molecule is Cl.[AlH3].c1ccc(OC2CCCC3C4NC(NC5NC(NC6NC(NC7NC(N4)C4C(Oc8ccccc8)CCCC74)C4C(Oc7ccccc7)CCCC64)C4C(Oc6ccccc6)CCCC54)C23)cc1. The molecule has 4 saturated carbocycles. The van der Waals surface area contributed by atoms with Crippen LogP contribution in [0.4, 0.5) is 0 Å². The Bertz CT molecular complexity index is 1960. The third-order valence-electron chi connectivity index (χ3n) is 18.0. The standard InChI is InChI=1S/C56H72N8O4.Al.ClH.3H/c1-5-17-33(18-6-1)65-41-29-13-25-37-45(41)53-57-49(37)62-54-47-39(27-15-31-43(47)67-35-21-9-3-10-22-35)51(59-54)64-56-48-40(28-16-32-44(48)68-36-23-11-4-12-24-36)52(60-56)63-55-46-38(50(58-55)61-53)26-14-30-42(46)66-34-19-7-2-8-20-34;;;;;/h1-12,17-24,37-64H,13-16,25-32H2;;1H;;;. The average molecular weight is 988 g/mol. The Balaban J connectivity index is 0.00000267. The van der Waals surface area contributed by atoms with E-state index in [1.54, 1.807) is 0 Å². The highest BCUT2D eigenvalue weighted by molar-refractivity contribution is 5.85. The van der Waals surface area contributed by atoms with Crippen LogP contribution in [-0.4, -0.2) is 91.1 Å². The van der Waals surface area contributed by atoms with E-state index in [-0.39, 0.29) is 127 Å². The maximum Gasteiger partial charge on any atom is 0.187 e. The first-order valence-corrected chi connectivity index (χ1v) is 26.6. The van der Waals surface area contributed by atoms with Crippen LogP contribution in [0, 0.1) is 47.3 Å². The summed E-state index contributed by atoms with van der Waals surface area (Å²) < 4.78 is 28.2. The van der Waals surface area contributed by atoms with Crippen LogP contribution in [0.3, 0.4) is 0 Å². The van der Waals surface area contributed by atoms with Crippen molar-refractivity contribution in [3.8, 4) is 23.0 Å². The molecule has 0 radical (unpaired) electrons. The Labute approximate surface area is 431 Å². The van der Waals surface area contributed by atoms with E-state index in [2.05, 4.69) is 164 Å². The molecule has 5 heterocycles. The predicted molar refractivity (Wildman–Crippen MR) is 279 cm³/mol. The minimum absolute atomic E-state index is 0. The van der Waals surface area contributed by atoms with Crippen molar-refractivity contribution in [1.82, 2.24) is 42.5 Å². The topological polar surface area (TPSA) is 133 Å². The Hall–Kier alpha value is -3.42. The number of para-hydroxylation sites is 4. The highest BCUT2D eigenvalue weighted by Crippen LogP contribution is 2.48. The van der Waals surface area contributed by atoms with Crippen LogP contribution in [0.1, 0.15) is 77.0 Å². The highest BCUT2D eigenvalue weighted by Gasteiger charge is 2.59. The van der Waals surface area contributed by atoms with Crippen molar-refractivity contribution < 1.29 is 18.9 Å². The number of hydrogen-bond donors (Lipinski definition) is 8. The Morgan fingerprint density at radius 1 is 0.271 bits per heavy atom. The number of hydrogen-bond acceptors (Lipinski definition) is 12. The number of fused-ring (bicyclic) bond motifs is 20. The molecule has 14 heteroatoms. The second-order valence-corrected chi connectivity index (χ2v) is 21.7. The molecule has 9 aliphatic rings. The largest absolute Gasteiger partial charge is 0.490 e. The van der Waals surface area contributed by atoms with Gasteiger partial charge in [0.05, 0.1) is 49.3 Å². The van der Waals surface area contributed by atoms with Gasteiger partial charge in [0.15, 0.2) is 17.4 Å². The van der Waals surface area contributed by atoms with Crippen LogP contribution < -0.4 is 61.5 Å². The van der Waals surface area contributed by atoms with Gasteiger partial charge in [-0.3, -0.25) is 42.5 Å². The Kier molecular flexibility index (Phi) is 15.1. The Morgan fingerprint density at radius 3 is 0.671 bits per heavy atom. The molecule has 70 heavy (non-hydrogen) atoms. The molecule has 4 aromatic carbocycles. The van der Waals surface area contributed by atoms with Crippen molar-refractivity contribution in [3.05, 3.63) is 121 Å². The summed E-state index contributed by atoms with van der Waals surface area (Å²) >= 11 is 0. The summed E-state index contributed by atoms with van der Waals surface area (Å²) in [6, 6.07) is 42.1. The first-order chi connectivity index (χ1) is 33.7. The van der Waals surface area contributed by atoms with Gasteiger partial charge < -0.3 is 18.9 Å². The molecule has 9 fully saturated rings. The lowest BCUT2D eigenvalue weighted by Gasteiger charge is -2.41. The molecule has 0 spiro atoms. The summed E-state index contributed by atoms with van der Waals surface area (Å²) in [5, 5.41) is 34.5. The molecule has 8 bridgehead atoms. The van der Waals surface area contributed by atoms with E-state index >= 15 is 0 Å². The third-order valence-corrected chi connectivity index (χ3v) is 18.0. The number of ether oxygens (including phenoxy) is 4. The molecule has 5 aliphatic heterocycles. The molecule has 12 nitrogen and oxygen atoms in total. The van der Waals surface area contributed by atoms with Crippen LogP contribution in [0.25, 0.3) is 0 Å². The molecular formula is C56H76AlClN8O4. The van der Waals surface area contributed by atoms with E-state index in [1.807, 2.05) is 0 Å². The molecule has 4 aliphatic carbocycles. The lowest BCUT2D eigenvalue weighted by molar-refractivity contribution is 0.0250. The van der Waals surface area contributed by atoms with E-state index in [9.17, 15) is 0 Å². The second-order valence-electron chi connectivity index (χ2n) is 21.7. The second kappa shape index (κ2) is 21.6. The molecule has 5 saturated heterocycles. The molecule has 8 N–H and O–H groups in total. The molecule has 4 aromatic rings. The van der Waals surface area contributed by atoms with E-state index in [0.717, 1.165) is 100 Å². The van der Waals surface area contributed by atoms with Crippen LogP contribution in [-0.2, 0) is 0 Å². The fraction of sp³-hybridized carbons (Fsp3) is 0.571. The summed E-state index contributed by atoms with van der Waals surface area (Å²) in [4.78, 5) is 0. The van der Waals surface area contributed by atoms with E-state index in [0.29, 0.717) is 23.7 Å². The zero-order valence-corrected chi connectivity index (χ0v) is 40.4. The number of nitrogens with one attached hydrogen (secondary N) is 8. The number of benzene rings is 4. The van der Waals surface area contributed by atoms with Gasteiger partial charge in [-0.05, 0) is 149 Å². The molecular weight excluding hydrogens is 911 g/mol. The lowest BCUT2D eigenvalue weighted by Crippen LogP contribution is -2.62. The van der Waals surface area contributed by atoms with Crippen molar-refractivity contribution >= 4 is 29.8 Å². The number of halogens is 1. The van der Waals surface area contributed by atoms with Gasteiger partial charge in [-0.25, -0.2) is 0 Å². The maximum absolute atomic E-state index is 7.05. The van der Waals surface area contributed by atoms with Crippen LogP contribution in [0.15, 0.2) is 121 Å². The van der Waals surface area contributed by atoms with Gasteiger partial charge in [-0.1, -0.05) is 72.8 Å². The first kappa shape index (κ1) is 48.8. The molecule has 12 atom stereocenters. The minimum Gasteiger partial charge on any atom is -0.490 e. The summed E-state index contributed by atoms with van der Waals surface area (Å²) in [6.07, 6.45) is 14.1. The van der Waals surface area contributed by atoms with Gasteiger partial charge in [0.1, 0.15) is 47.4 Å². The van der Waals surface area contributed by atoms with Crippen LogP contribution >= 0.6 is 12.4 Å². The molecule has 12 unspecified atom stereocenters. The Morgan fingerprint density at radius 2 is 0.471 bits per heavy atom. The van der Waals surface area contributed by atoms with E-state index in [4.69, 9.17) is 18.9 Å². The van der Waals surface area contributed by atoms with Crippen molar-refractivity contribution in [3.63, 3.8) is 0 Å². The number of rotatable bonds is 8. The van der Waals surface area contributed by atoms with E-state index in [1.165, 1.54) is 0 Å². The summed E-state index contributed by atoms with van der Waals surface area (Å²) in [7, 11) is 0. The van der Waals surface area contributed by atoms with Gasteiger partial charge in [-0.15, -0.1) is 12.4 Å². The van der Waals surface area contributed by atoms with Crippen LogP contribution in [0.5, 0.6) is 23.0 Å². The monoisotopic (exact) mass is 987 g/mol. The van der Waals surface area contributed by atoms with Gasteiger partial charge in [-0.2, -0.15) is 0 Å². The fourth-order valence-corrected chi connectivity index (χ4v) is 15.3. The van der Waals surface area contributed by atoms with E-state index < -0.39 is 0 Å². The quantitative estimate of drug-likeness (QED) is 0.0976. The average Bonchev–Trinajstić information content (AvgIpc) is 4.12. The zero-order chi connectivity index (χ0) is 45.0. The molecule has 0 amide bonds. The minimum atomic E-state index is 0. The summed E-state index contributed by atoms with van der Waals surface area (Å²) in [6.45, 7) is 0. The van der Waals surface area contributed by atoms with Gasteiger partial charge in [0, 0.05) is 23.7 Å². The van der Waals surface area contributed by atoms with Crippen molar-refractivity contribution in [2.45, 2.75) is 151 Å². The predicted octanol–water partition coefficient (Wildman–Crippen LogP) is 6.07. The van der Waals surface area contributed by atoms with Crippen molar-refractivity contribution in [2.75, 3.05) is 0 Å². The molecule has 0 aromatic heterocycles. The van der Waals surface area contributed by atoms with Gasteiger partial charge in [0.25, 0.3) is 0 Å². The lowest BCUT2D eigenvalue weighted by atomic mass is 9.74. The fourth-order valence-electron chi connectivity index (χ4n) is 15.3. The van der Waals surface area contributed by atoms with Crippen LogP contribution in [0.2, 0.25) is 0 Å². The van der Waals surface area contributed by atoms with Crippen molar-refractivity contribution in [1.29, 1.82) is 0 Å². The van der Waals surface area contributed by atoms with Crippen molar-refractivity contribution in [2.24, 2.45) is 47.3 Å². The van der Waals surface area contributed by atoms with Gasteiger partial charge >= 0.3 is 0 Å². The highest BCUT2D eigenvalue weighted by atomic mass is 35.5. The van der Waals surface area contributed by atoms with Gasteiger partial charge in [0.2, 0.25) is 0 Å². The summed E-state index contributed by atoms with van der Waals surface area (Å²) in [5.74, 6) is 6.39. The molecule has 374 valence electrons. The molecule has 13 rings (SSSR count). The zero-order valence-electron chi connectivity index (χ0n) is 39.6. The third kappa shape index (κ3) is 9.64. The first-order valence-electron chi connectivity index (χ1n) is 26.6. The maximum atomic E-state index is 7.05. The summed E-state index contributed by atoms with van der Waals surface area (Å²) in [5.41, 5.74) is 0. The smallest absolute Gasteiger partial charge is 0.187 e.